The van der Waals surface area contributed by atoms with Gasteiger partial charge in [-0.2, -0.15) is 0 Å². The van der Waals surface area contributed by atoms with Gasteiger partial charge in [-0.3, -0.25) is 0 Å². The van der Waals surface area contributed by atoms with Gasteiger partial charge in [-0.05, 0) is 11.6 Å². The predicted molar refractivity (Wildman–Crippen MR) is 50.6 cm³/mol. The quantitative estimate of drug-likeness (QED) is 0.522. The fourth-order valence-corrected chi connectivity index (χ4v) is 4.55. The normalized spacial score (nSPS) is 13.7. The van der Waals surface area contributed by atoms with Crippen LogP contribution in [0, 0.1) is 0 Å². The smallest absolute Gasteiger partial charge is 0.0897 e. The summed E-state index contributed by atoms with van der Waals surface area (Å²) in [5.41, 5.74) is 0.963. The van der Waals surface area contributed by atoms with E-state index in [1.807, 2.05) is 0 Å². The summed E-state index contributed by atoms with van der Waals surface area (Å²) in [6, 6.07) is 0.811. The van der Waals surface area contributed by atoms with Gasteiger partial charge in [0.2, 0.25) is 0 Å². The molecule has 0 aromatic heterocycles. The third-order valence-corrected chi connectivity index (χ3v) is 5.70. The molecule has 0 N–H and O–H groups in total. The summed E-state index contributed by atoms with van der Waals surface area (Å²) in [6.45, 7) is 9.25. The largest absolute Gasteiger partial charge is 0.355 e. The second-order valence-corrected chi connectivity index (χ2v) is 8.84. The van der Waals surface area contributed by atoms with Gasteiger partial charge in [0, 0.05) is 0 Å². The maximum Gasteiger partial charge on any atom is 0.0897 e. The summed E-state index contributed by atoms with van der Waals surface area (Å²) in [5.74, 6) is 0. The van der Waals surface area contributed by atoms with Crippen molar-refractivity contribution in [2.45, 2.75) is 39.3 Å². The second-order valence-electron chi connectivity index (χ2n) is 3.43. The highest BCUT2D eigenvalue weighted by Crippen LogP contribution is 2.01. The highest BCUT2D eigenvalue weighted by molar-refractivity contribution is 6.43. The summed E-state index contributed by atoms with van der Waals surface area (Å²) < 4.78 is 2.64. The Hall–Kier alpha value is 0.394. The van der Waals surface area contributed by atoms with Gasteiger partial charge < -0.3 is 4.23 Å². The van der Waals surface area contributed by atoms with E-state index in [0.717, 1.165) is 11.6 Å². The zero-order chi connectivity index (χ0) is 7.44. The van der Waals surface area contributed by atoms with Crippen LogP contribution in [-0.4, -0.2) is 30.4 Å². The minimum Gasteiger partial charge on any atom is -0.355 e. The monoisotopic (exact) mass is 161 g/mol. The van der Waals surface area contributed by atoms with Crippen molar-refractivity contribution in [3.63, 3.8) is 0 Å². The minimum atomic E-state index is 0.118. The Balaban J connectivity index is 3.38. The molecule has 0 atom stereocenters. The molecule has 1 nitrogen and oxygen atoms in total. The van der Waals surface area contributed by atoms with Crippen LogP contribution in [0.15, 0.2) is 0 Å². The molecule has 0 radical (unpaired) electrons. The van der Waals surface area contributed by atoms with E-state index in [2.05, 4.69) is 31.9 Å². The first-order valence-corrected chi connectivity index (χ1v) is 6.08. The maximum absolute atomic E-state index is 2.64. The van der Waals surface area contributed by atoms with Gasteiger partial charge in [0.25, 0.3) is 0 Å². The fourth-order valence-electron chi connectivity index (χ4n) is 0.787. The van der Waals surface area contributed by atoms with Crippen LogP contribution in [0.3, 0.4) is 0 Å². The average Bonchev–Trinajstić information content (AvgIpc) is 1.63. The molecule has 0 unspecified atom stereocenters. The van der Waals surface area contributed by atoms with Gasteiger partial charge in [-0.25, -0.2) is 0 Å². The standard InChI is InChI=1S/C6H19NSi2/c1-5(2)7(8)9-6(3)4/h5-6H,9H2,1-4,8H3. The van der Waals surface area contributed by atoms with Gasteiger partial charge in [0.15, 0.2) is 0 Å². The lowest BCUT2D eigenvalue weighted by molar-refractivity contribution is 0.551. The predicted octanol–water partition coefficient (Wildman–Crippen LogP) is -0.111. The molecule has 0 aliphatic heterocycles. The Labute approximate surface area is 64.2 Å². The summed E-state index contributed by atoms with van der Waals surface area (Å²) in [5, 5.41) is 0. The van der Waals surface area contributed by atoms with E-state index < -0.39 is 0 Å². The van der Waals surface area contributed by atoms with Crippen molar-refractivity contribution < 1.29 is 0 Å². The Morgan fingerprint density at radius 1 is 1.22 bits per heavy atom. The number of nitrogens with zero attached hydrogens (tertiary/aromatic N) is 1. The van der Waals surface area contributed by atoms with Crippen molar-refractivity contribution in [3.8, 4) is 0 Å². The van der Waals surface area contributed by atoms with E-state index in [1.165, 1.54) is 10.4 Å². The van der Waals surface area contributed by atoms with Gasteiger partial charge in [-0.1, -0.05) is 27.7 Å². The molecule has 0 spiro atoms. The van der Waals surface area contributed by atoms with Crippen LogP contribution in [0.4, 0.5) is 0 Å². The van der Waals surface area contributed by atoms with Crippen LogP contribution in [0.2, 0.25) is 5.54 Å². The van der Waals surface area contributed by atoms with E-state index in [0.29, 0.717) is 0 Å². The molecule has 56 valence electrons. The van der Waals surface area contributed by atoms with E-state index in [-0.39, 0.29) is 9.68 Å². The molecule has 0 fully saturated rings. The molecule has 0 aromatic rings. The Morgan fingerprint density at radius 3 is 1.78 bits per heavy atom. The molecule has 0 aliphatic carbocycles. The molecular weight excluding hydrogens is 142 g/mol. The van der Waals surface area contributed by atoms with Crippen LogP contribution >= 0.6 is 0 Å². The number of hydrogen-bond donors (Lipinski definition) is 0. The average molecular weight is 161 g/mol. The molecule has 0 amide bonds. The van der Waals surface area contributed by atoms with Crippen molar-refractivity contribution in [3.05, 3.63) is 0 Å². The van der Waals surface area contributed by atoms with Gasteiger partial charge in [0.1, 0.15) is 0 Å². The van der Waals surface area contributed by atoms with Crippen LogP contribution in [0.5, 0.6) is 0 Å². The zero-order valence-electron chi connectivity index (χ0n) is 7.31. The molecular formula is C6H19NSi2. The lowest BCUT2D eigenvalue weighted by Crippen LogP contribution is -2.33. The summed E-state index contributed by atoms with van der Waals surface area (Å²) in [7, 11) is 1.38. The van der Waals surface area contributed by atoms with E-state index >= 15 is 0 Å². The Kier molecular flexibility index (Phi) is 4.43. The third-order valence-electron chi connectivity index (χ3n) is 1.53. The molecule has 0 rings (SSSR count). The van der Waals surface area contributed by atoms with Crippen molar-refractivity contribution >= 4 is 20.1 Å². The van der Waals surface area contributed by atoms with E-state index in [9.17, 15) is 0 Å². The Bertz CT molecular complexity index is 73.5. The van der Waals surface area contributed by atoms with Crippen molar-refractivity contribution in [1.29, 1.82) is 0 Å². The summed E-state index contributed by atoms with van der Waals surface area (Å²) >= 11 is 0. The second kappa shape index (κ2) is 4.25. The minimum absolute atomic E-state index is 0.118. The highest BCUT2D eigenvalue weighted by Gasteiger charge is 2.04. The Morgan fingerprint density at radius 2 is 1.67 bits per heavy atom. The van der Waals surface area contributed by atoms with Crippen molar-refractivity contribution in [1.82, 2.24) is 4.23 Å². The zero-order valence-corrected chi connectivity index (χ0v) is 10.7. The maximum atomic E-state index is 2.64. The van der Waals surface area contributed by atoms with Gasteiger partial charge in [-0.15, -0.1) is 0 Å². The molecule has 0 saturated carbocycles. The molecule has 9 heavy (non-hydrogen) atoms. The molecule has 3 heteroatoms. The van der Waals surface area contributed by atoms with Crippen LogP contribution in [0.25, 0.3) is 0 Å². The van der Waals surface area contributed by atoms with Crippen LogP contribution in [-0.2, 0) is 0 Å². The van der Waals surface area contributed by atoms with Crippen LogP contribution < -0.4 is 0 Å². The van der Waals surface area contributed by atoms with Crippen LogP contribution in [0.1, 0.15) is 27.7 Å². The van der Waals surface area contributed by atoms with Gasteiger partial charge in [0.05, 0.1) is 20.1 Å². The van der Waals surface area contributed by atoms with E-state index in [1.54, 1.807) is 0 Å². The number of rotatable bonds is 3. The first-order valence-electron chi connectivity index (χ1n) is 3.74. The molecule has 0 saturated heterocycles. The molecule has 0 heterocycles. The summed E-state index contributed by atoms with van der Waals surface area (Å²) in [6.07, 6.45) is 0. The SMILES string of the molecule is CC(C)[SiH2]N([SiH3])C(C)C. The molecule has 0 aliphatic rings. The number of hydrogen-bond acceptors (Lipinski definition) is 1. The highest BCUT2D eigenvalue weighted by atomic mass is 28.3. The first-order chi connectivity index (χ1) is 4.04. The van der Waals surface area contributed by atoms with Gasteiger partial charge >= 0.3 is 0 Å². The molecule has 0 aromatic carbocycles. The van der Waals surface area contributed by atoms with Crippen molar-refractivity contribution in [2.75, 3.05) is 0 Å². The first kappa shape index (κ1) is 9.39. The lowest BCUT2D eigenvalue weighted by Gasteiger charge is -2.22. The topological polar surface area (TPSA) is 3.24 Å². The summed E-state index contributed by atoms with van der Waals surface area (Å²) in [4.78, 5) is 0. The van der Waals surface area contributed by atoms with Crippen molar-refractivity contribution in [2.24, 2.45) is 0 Å². The fraction of sp³-hybridized carbons (Fsp3) is 1.00. The third kappa shape index (κ3) is 4.87. The lowest BCUT2D eigenvalue weighted by atomic mass is 10.4. The molecule has 0 bridgehead atoms. The van der Waals surface area contributed by atoms with E-state index in [4.69, 9.17) is 0 Å².